The van der Waals surface area contributed by atoms with Gasteiger partial charge in [-0.2, -0.15) is 0 Å². The van der Waals surface area contributed by atoms with Crippen molar-refractivity contribution in [1.82, 2.24) is 15.1 Å². The number of likely N-dealkylation sites (N-methyl/N-ethyl adjacent to an activating group) is 1. The third-order valence-electron chi connectivity index (χ3n) is 2.65. The molecule has 0 saturated carbocycles. The minimum absolute atomic E-state index is 0.0833. The smallest absolute Gasteiger partial charge is 0.236 e. The predicted molar refractivity (Wildman–Crippen MR) is 70.6 cm³/mol. The number of methoxy groups -OCH3 is 1. The number of carbonyl (C=O) groups is 2. The van der Waals surface area contributed by atoms with Crippen molar-refractivity contribution < 1.29 is 14.3 Å². The summed E-state index contributed by atoms with van der Waals surface area (Å²) in [4.78, 5) is 25.5. The maximum absolute atomic E-state index is 11.5. The molecule has 6 heteroatoms. The Bertz CT molecular complexity index is 227. The van der Waals surface area contributed by atoms with Crippen molar-refractivity contribution in [2.75, 3.05) is 60.0 Å². The van der Waals surface area contributed by atoms with Crippen LogP contribution in [0.4, 0.5) is 0 Å². The lowest BCUT2D eigenvalue weighted by Crippen LogP contribution is -2.49. The second-order valence-corrected chi connectivity index (χ2v) is 4.06. The molecule has 1 aliphatic heterocycles. The monoisotopic (exact) mass is 259 g/mol. The van der Waals surface area contributed by atoms with Gasteiger partial charge in [0.1, 0.15) is 6.29 Å². The van der Waals surface area contributed by atoms with Gasteiger partial charge in [0.25, 0.3) is 0 Å². The van der Waals surface area contributed by atoms with Crippen LogP contribution in [0.2, 0.25) is 0 Å². The summed E-state index contributed by atoms with van der Waals surface area (Å²) in [5.41, 5.74) is 0. The molecular weight excluding hydrogens is 234 g/mol. The summed E-state index contributed by atoms with van der Waals surface area (Å²) in [6, 6.07) is 0. The van der Waals surface area contributed by atoms with Crippen molar-refractivity contribution in [2.45, 2.75) is 6.92 Å². The normalized spacial score (nSPS) is 15.8. The van der Waals surface area contributed by atoms with Gasteiger partial charge in [-0.15, -0.1) is 0 Å². The maximum Gasteiger partial charge on any atom is 0.236 e. The minimum atomic E-state index is 0.0833. The summed E-state index contributed by atoms with van der Waals surface area (Å²) in [7, 11) is 3.73. The van der Waals surface area contributed by atoms with E-state index in [2.05, 4.69) is 15.0 Å². The fourth-order valence-electron chi connectivity index (χ4n) is 1.41. The molecule has 106 valence electrons. The molecule has 1 fully saturated rings. The Morgan fingerprint density at radius 3 is 2.33 bits per heavy atom. The molecule has 1 heterocycles. The van der Waals surface area contributed by atoms with Gasteiger partial charge in [-0.05, 0) is 14.0 Å². The average molecular weight is 259 g/mol. The molecule has 1 aliphatic rings. The van der Waals surface area contributed by atoms with Gasteiger partial charge < -0.3 is 24.6 Å². The number of nitrogens with zero attached hydrogens (tertiary/aromatic N) is 2. The van der Waals surface area contributed by atoms with Crippen LogP contribution in [0.5, 0.6) is 0 Å². The number of ether oxygens (including phenoxy) is 1. The molecular formula is C12H25N3O3. The van der Waals surface area contributed by atoms with Crippen LogP contribution in [-0.4, -0.2) is 82.0 Å². The molecule has 1 saturated heterocycles. The van der Waals surface area contributed by atoms with E-state index >= 15 is 0 Å². The number of amides is 1. The number of aldehydes is 1. The van der Waals surface area contributed by atoms with Crippen molar-refractivity contribution in [3.8, 4) is 0 Å². The molecule has 6 nitrogen and oxygen atoms in total. The van der Waals surface area contributed by atoms with Crippen molar-refractivity contribution >= 4 is 12.2 Å². The summed E-state index contributed by atoms with van der Waals surface area (Å²) in [5, 5.41) is 2.77. The highest BCUT2D eigenvalue weighted by Crippen LogP contribution is 1.98. The Morgan fingerprint density at radius 1 is 1.33 bits per heavy atom. The molecule has 0 aromatic carbocycles. The predicted octanol–water partition coefficient (Wildman–Crippen LogP) is -0.798. The number of piperazine rings is 1. The van der Waals surface area contributed by atoms with E-state index in [1.165, 1.54) is 0 Å². The third kappa shape index (κ3) is 8.16. The highest BCUT2D eigenvalue weighted by Gasteiger charge is 2.17. The minimum Gasteiger partial charge on any atom is -0.385 e. The quantitative estimate of drug-likeness (QED) is 0.517. The van der Waals surface area contributed by atoms with E-state index in [-0.39, 0.29) is 19.0 Å². The van der Waals surface area contributed by atoms with Crippen molar-refractivity contribution in [3.63, 3.8) is 0 Å². The largest absolute Gasteiger partial charge is 0.385 e. The van der Waals surface area contributed by atoms with Gasteiger partial charge in [-0.3, -0.25) is 4.79 Å². The lowest BCUT2D eigenvalue weighted by Gasteiger charge is -2.32. The Balaban J connectivity index is 0.000000631. The Labute approximate surface area is 109 Å². The molecule has 0 atom stereocenters. The molecule has 1 N–H and O–H groups in total. The molecule has 0 spiro atoms. The van der Waals surface area contributed by atoms with Gasteiger partial charge in [-0.25, -0.2) is 0 Å². The zero-order valence-electron chi connectivity index (χ0n) is 11.6. The van der Waals surface area contributed by atoms with E-state index in [1.54, 1.807) is 7.11 Å². The van der Waals surface area contributed by atoms with E-state index in [4.69, 9.17) is 0 Å². The number of hydrogen-bond acceptors (Lipinski definition) is 5. The first-order chi connectivity index (χ1) is 8.65. The van der Waals surface area contributed by atoms with E-state index in [1.807, 2.05) is 18.9 Å². The van der Waals surface area contributed by atoms with Gasteiger partial charge in [0.2, 0.25) is 5.91 Å². The Kier molecular flexibility index (Phi) is 10.5. The Morgan fingerprint density at radius 2 is 1.89 bits per heavy atom. The van der Waals surface area contributed by atoms with E-state index in [9.17, 15) is 9.59 Å². The van der Waals surface area contributed by atoms with Crippen LogP contribution in [0.3, 0.4) is 0 Å². The summed E-state index contributed by atoms with van der Waals surface area (Å²) in [6.45, 7) is 6.73. The van der Waals surface area contributed by atoms with Gasteiger partial charge >= 0.3 is 0 Å². The zero-order valence-corrected chi connectivity index (χ0v) is 11.6. The van der Waals surface area contributed by atoms with Crippen LogP contribution < -0.4 is 5.32 Å². The second-order valence-electron chi connectivity index (χ2n) is 4.06. The first-order valence-corrected chi connectivity index (χ1v) is 6.25. The topological polar surface area (TPSA) is 61.9 Å². The van der Waals surface area contributed by atoms with E-state index in [0.29, 0.717) is 0 Å². The molecule has 18 heavy (non-hydrogen) atoms. The number of rotatable bonds is 5. The lowest BCUT2D eigenvalue weighted by atomic mass is 10.3. The zero-order chi connectivity index (χ0) is 13.8. The van der Waals surface area contributed by atoms with E-state index in [0.717, 1.165) is 39.1 Å². The van der Waals surface area contributed by atoms with Crippen LogP contribution in [0.1, 0.15) is 6.92 Å². The molecule has 0 aromatic heterocycles. The van der Waals surface area contributed by atoms with Gasteiger partial charge in [-0.1, -0.05) is 0 Å². The van der Waals surface area contributed by atoms with Crippen LogP contribution in [0.25, 0.3) is 0 Å². The fourth-order valence-corrected chi connectivity index (χ4v) is 1.41. The molecule has 0 aliphatic carbocycles. The van der Waals surface area contributed by atoms with Crippen molar-refractivity contribution in [2.24, 2.45) is 0 Å². The summed E-state index contributed by atoms with van der Waals surface area (Å²) in [5.74, 6) is 0.0833. The number of hydrogen-bond donors (Lipinski definition) is 1. The van der Waals surface area contributed by atoms with Crippen LogP contribution in [-0.2, 0) is 14.3 Å². The number of nitrogens with one attached hydrogen (secondary N) is 1. The first-order valence-electron chi connectivity index (χ1n) is 6.25. The second kappa shape index (κ2) is 11.1. The first kappa shape index (κ1) is 17.0. The summed E-state index contributed by atoms with van der Waals surface area (Å²) >= 11 is 0. The lowest BCUT2D eigenvalue weighted by molar-refractivity contribution is -0.131. The highest BCUT2D eigenvalue weighted by atomic mass is 16.5. The maximum atomic E-state index is 11.5. The molecule has 0 unspecified atom stereocenters. The van der Waals surface area contributed by atoms with Crippen LogP contribution >= 0.6 is 0 Å². The highest BCUT2D eigenvalue weighted by molar-refractivity contribution is 5.78. The van der Waals surface area contributed by atoms with Gasteiger partial charge in [0, 0.05) is 39.9 Å². The molecule has 1 amide bonds. The van der Waals surface area contributed by atoms with Crippen LogP contribution in [0.15, 0.2) is 0 Å². The SMILES string of the molecule is CCOC.CN1CCN(C(=O)CNCC=O)CC1. The van der Waals surface area contributed by atoms with Crippen molar-refractivity contribution in [3.05, 3.63) is 0 Å². The van der Waals surface area contributed by atoms with Crippen LogP contribution in [0, 0.1) is 0 Å². The summed E-state index contributed by atoms with van der Waals surface area (Å²) in [6.07, 6.45) is 0.761. The average Bonchev–Trinajstić information content (AvgIpc) is 2.40. The fraction of sp³-hybridized carbons (Fsp3) is 0.833. The van der Waals surface area contributed by atoms with Crippen molar-refractivity contribution in [1.29, 1.82) is 0 Å². The summed E-state index contributed by atoms with van der Waals surface area (Å²) < 4.78 is 4.54. The molecule has 1 rings (SSSR count). The number of carbonyl (C=O) groups excluding carboxylic acids is 2. The van der Waals surface area contributed by atoms with E-state index < -0.39 is 0 Å². The molecule has 0 bridgehead atoms. The third-order valence-corrected chi connectivity index (χ3v) is 2.65. The standard InChI is InChI=1S/C9H17N3O2.C3H8O/c1-11-3-5-12(6-4-11)9(14)8-10-2-7-13;1-3-4-2/h7,10H,2-6,8H2,1H3;3H2,1-2H3. The Hall–Kier alpha value is -0.980. The molecule has 0 radical (unpaired) electrons. The van der Waals surface area contributed by atoms with Gasteiger partial charge in [0.15, 0.2) is 0 Å². The molecule has 0 aromatic rings. The van der Waals surface area contributed by atoms with Gasteiger partial charge in [0.05, 0.1) is 13.1 Å².